The Morgan fingerprint density at radius 1 is 1.09 bits per heavy atom. The van der Waals surface area contributed by atoms with Gasteiger partial charge in [-0.2, -0.15) is 0 Å². The van der Waals surface area contributed by atoms with Crippen LogP contribution in [0.3, 0.4) is 0 Å². The largest absolute Gasteiger partial charge is 0.361 e. The topological polar surface area (TPSA) is 60.2 Å². The summed E-state index contributed by atoms with van der Waals surface area (Å²) < 4.78 is 0. The first-order chi connectivity index (χ1) is 16.1. The maximum atomic E-state index is 12.7. The van der Waals surface area contributed by atoms with E-state index in [0.717, 1.165) is 27.5 Å². The van der Waals surface area contributed by atoms with Gasteiger partial charge < -0.3 is 20.5 Å². The monoisotopic (exact) mass is 464 g/mol. The number of urea groups is 1. The molecule has 0 bridgehead atoms. The lowest BCUT2D eigenvalue weighted by Crippen LogP contribution is -2.40. The number of benzene rings is 2. The molecular weight excluding hydrogens is 428 g/mol. The number of fused-ring (bicyclic) bond motifs is 1. The highest BCUT2D eigenvalue weighted by Crippen LogP contribution is 2.35. The number of hydrogen-bond acceptors (Lipinski definition) is 3. The zero-order valence-corrected chi connectivity index (χ0v) is 20.8. The molecule has 176 valence electrons. The normalized spacial score (nSPS) is 15.3. The Morgan fingerprint density at radius 3 is 2.58 bits per heavy atom. The minimum absolute atomic E-state index is 0.214. The fourth-order valence-electron chi connectivity index (χ4n) is 5.07. The smallest absolute Gasteiger partial charge is 0.323 e. The first-order valence-corrected chi connectivity index (χ1v) is 13.3. The van der Waals surface area contributed by atoms with Crippen LogP contribution in [0.1, 0.15) is 57.9 Å². The van der Waals surface area contributed by atoms with Crippen molar-refractivity contribution in [3.05, 3.63) is 54.2 Å². The van der Waals surface area contributed by atoms with E-state index < -0.39 is 0 Å². The van der Waals surface area contributed by atoms with Gasteiger partial charge in [0, 0.05) is 33.7 Å². The van der Waals surface area contributed by atoms with Crippen LogP contribution in [-0.2, 0) is 0 Å². The number of hydrogen-bond donors (Lipinski definition) is 3. The SMILES string of the molecule is CCSc1ccccc1NC(=O)Nc1ccc2[nH]cc(C3CCN(C(CC)CC)CC3)c2c1. The number of amides is 2. The van der Waals surface area contributed by atoms with Crippen LogP contribution in [0.4, 0.5) is 16.2 Å². The van der Waals surface area contributed by atoms with Crippen molar-refractivity contribution >= 4 is 40.1 Å². The fourth-order valence-corrected chi connectivity index (χ4v) is 5.83. The molecule has 1 aromatic heterocycles. The van der Waals surface area contributed by atoms with Gasteiger partial charge in [0.2, 0.25) is 0 Å². The van der Waals surface area contributed by atoms with Crippen molar-refractivity contribution in [1.29, 1.82) is 0 Å². The molecule has 6 heteroatoms. The molecule has 33 heavy (non-hydrogen) atoms. The number of para-hydroxylation sites is 1. The molecule has 0 atom stereocenters. The van der Waals surface area contributed by atoms with Crippen molar-refractivity contribution in [2.45, 2.75) is 63.3 Å². The van der Waals surface area contributed by atoms with Crippen LogP contribution >= 0.6 is 11.8 Å². The van der Waals surface area contributed by atoms with Crippen LogP contribution in [0.15, 0.2) is 53.6 Å². The molecule has 0 unspecified atom stereocenters. The highest BCUT2D eigenvalue weighted by Gasteiger charge is 2.25. The third-order valence-electron chi connectivity index (χ3n) is 6.83. The number of likely N-dealkylation sites (tertiary alicyclic amines) is 1. The summed E-state index contributed by atoms with van der Waals surface area (Å²) in [5.74, 6) is 1.52. The lowest BCUT2D eigenvalue weighted by Gasteiger charge is -2.37. The maximum Gasteiger partial charge on any atom is 0.323 e. The Hall–Kier alpha value is -2.44. The molecule has 2 heterocycles. The Labute approximate surface area is 201 Å². The molecule has 1 saturated heterocycles. The Morgan fingerprint density at radius 2 is 1.85 bits per heavy atom. The number of rotatable bonds is 8. The van der Waals surface area contributed by atoms with Crippen molar-refractivity contribution in [2.75, 3.05) is 29.5 Å². The Bertz CT molecular complexity index is 1070. The zero-order chi connectivity index (χ0) is 23.2. The lowest BCUT2D eigenvalue weighted by molar-refractivity contribution is 0.144. The van der Waals surface area contributed by atoms with Gasteiger partial charge in [-0.3, -0.25) is 0 Å². The molecule has 3 N–H and O–H groups in total. The molecule has 0 radical (unpaired) electrons. The van der Waals surface area contributed by atoms with Gasteiger partial charge >= 0.3 is 6.03 Å². The summed E-state index contributed by atoms with van der Waals surface area (Å²) in [4.78, 5) is 19.9. The summed E-state index contributed by atoms with van der Waals surface area (Å²) in [6, 6.07) is 14.6. The van der Waals surface area contributed by atoms with Gasteiger partial charge in [-0.05, 0) is 86.3 Å². The summed E-state index contributed by atoms with van der Waals surface area (Å²) in [6.07, 6.45) is 7.01. The van der Waals surface area contributed by atoms with E-state index in [2.05, 4.69) is 59.6 Å². The second-order valence-electron chi connectivity index (χ2n) is 8.79. The van der Waals surface area contributed by atoms with Crippen LogP contribution in [-0.4, -0.2) is 40.8 Å². The number of nitrogens with one attached hydrogen (secondary N) is 3. The van der Waals surface area contributed by atoms with Gasteiger partial charge in [0.25, 0.3) is 0 Å². The predicted molar refractivity (Wildman–Crippen MR) is 142 cm³/mol. The molecule has 5 nitrogen and oxygen atoms in total. The van der Waals surface area contributed by atoms with Crippen LogP contribution in [0, 0.1) is 0 Å². The molecule has 0 spiro atoms. The quantitative estimate of drug-likeness (QED) is 0.307. The summed E-state index contributed by atoms with van der Waals surface area (Å²) in [5, 5.41) is 7.25. The van der Waals surface area contributed by atoms with Crippen molar-refractivity contribution < 1.29 is 4.79 Å². The molecule has 0 aliphatic carbocycles. The number of piperidine rings is 1. The second-order valence-corrected chi connectivity index (χ2v) is 10.1. The third kappa shape index (κ3) is 5.56. The third-order valence-corrected chi connectivity index (χ3v) is 7.79. The van der Waals surface area contributed by atoms with Crippen molar-refractivity contribution in [2.24, 2.45) is 0 Å². The number of anilines is 2. The number of H-pyrrole nitrogens is 1. The number of carbonyl (C=O) groups excluding carboxylic acids is 1. The van der Waals surface area contributed by atoms with E-state index in [1.165, 1.54) is 49.7 Å². The summed E-state index contributed by atoms with van der Waals surface area (Å²) >= 11 is 1.73. The van der Waals surface area contributed by atoms with Gasteiger partial charge in [-0.1, -0.05) is 32.9 Å². The first kappa shape index (κ1) is 23.7. The average Bonchev–Trinajstić information content (AvgIpc) is 3.25. The molecule has 1 aliphatic rings. The highest BCUT2D eigenvalue weighted by molar-refractivity contribution is 7.99. The Balaban J connectivity index is 1.45. The van der Waals surface area contributed by atoms with Gasteiger partial charge in [0.05, 0.1) is 5.69 Å². The van der Waals surface area contributed by atoms with Crippen LogP contribution in [0.25, 0.3) is 10.9 Å². The predicted octanol–water partition coefficient (Wildman–Crippen LogP) is 7.29. The van der Waals surface area contributed by atoms with Crippen molar-refractivity contribution in [3.63, 3.8) is 0 Å². The maximum absolute atomic E-state index is 12.7. The van der Waals surface area contributed by atoms with E-state index in [1.54, 1.807) is 11.8 Å². The molecule has 1 aliphatic heterocycles. The summed E-state index contributed by atoms with van der Waals surface area (Å²) in [6.45, 7) is 9.04. The minimum Gasteiger partial charge on any atom is -0.361 e. The lowest BCUT2D eigenvalue weighted by atomic mass is 9.88. The van der Waals surface area contributed by atoms with Gasteiger partial charge in [-0.25, -0.2) is 4.79 Å². The molecule has 4 rings (SSSR count). The summed E-state index contributed by atoms with van der Waals surface area (Å²) in [5.41, 5.74) is 4.16. The number of carbonyl (C=O) groups is 1. The molecule has 1 fully saturated rings. The Kier molecular flexibility index (Phi) is 7.99. The van der Waals surface area contributed by atoms with Gasteiger partial charge in [0.15, 0.2) is 0 Å². The van der Waals surface area contributed by atoms with Crippen LogP contribution < -0.4 is 10.6 Å². The summed E-state index contributed by atoms with van der Waals surface area (Å²) in [7, 11) is 0. The standard InChI is InChI=1S/C27H36N4OS/c1-4-21(5-2)31-15-13-19(14-16-31)23-18-28-24-12-11-20(17-22(23)24)29-27(32)30-25-9-7-8-10-26(25)33-6-3/h7-12,17-19,21,28H,4-6,13-16H2,1-3H3,(H2,29,30,32). The minimum atomic E-state index is -0.214. The second kappa shape index (κ2) is 11.1. The number of thioether (sulfide) groups is 1. The molecule has 0 saturated carbocycles. The van der Waals surface area contributed by atoms with Gasteiger partial charge in [0.1, 0.15) is 0 Å². The van der Waals surface area contributed by atoms with E-state index in [9.17, 15) is 4.79 Å². The number of nitrogens with zero attached hydrogens (tertiary/aromatic N) is 1. The number of aromatic amines is 1. The molecule has 2 aromatic carbocycles. The van der Waals surface area contributed by atoms with Crippen molar-refractivity contribution in [3.8, 4) is 0 Å². The van der Waals surface area contributed by atoms with E-state index in [0.29, 0.717) is 12.0 Å². The average molecular weight is 465 g/mol. The van der Waals surface area contributed by atoms with Crippen molar-refractivity contribution in [1.82, 2.24) is 9.88 Å². The van der Waals surface area contributed by atoms with Crippen LogP contribution in [0.5, 0.6) is 0 Å². The molecular formula is C27H36N4OS. The zero-order valence-electron chi connectivity index (χ0n) is 20.0. The molecule has 3 aromatic rings. The van der Waals surface area contributed by atoms with E-state index in [-0.39, 0.29) is 6.03 Å². The van der Waals surface area contributed by atoms with Gasteiger partial charge in [-0.15, -0.1) is 11.8 Å². The first-order valence-electron chi connectivity index (χ1n) is 12.3. The highest BCUT2D eigenvalue weighted by atomic mass is 32.2. The van der Waals surface area contributed by atoms with E-state index in [1.807, 2.05) is 30.3 Å². The molecule has 2 amide bonds. The van der Waals surface area contributed by atoms with E-state index in [4.69, 9.17) is 0 Å². The fraction of sp³-hybridized carbons (Fsp3) is 0.444. The van der Waals surface area contributed by atoms with Crippen LogP contribution in [0.2, 0.25) is 0 Å². The van der Waals surface area contributed by atoms with E-state index >= 15 is 0 Å². The number of aromatic nitrogens is 1.